The molecule has 3 aromatic rings. The first-order valence-electron chi connectivity index (χ1n) is 9.65. The third-order valence-corrected chi connectivity index (χ3v) is 5.27. The van der Waals surface area contributed by atoms with Crippen molar-refractivity contribution < 1.29 is 14.3 Å². The molecule has 0 saturated heterocycles. The fraction of sp³-hybridized carbons (Fsp3) is 0.304. The summed E-state index contributed by atoms with van der Waals surface area (Å²) in [5.74, 6) is 1.50. The van der Waals surface area contributed by atoms with Crippen LogP contribution in [-0.4, -0.2) is 29.4 Å². The van der Waals surface area contributed by atoms with Crippen molar-refractivity contribution in [3.8, 4) is 11.5 Å². The predicted molar refractivity (Wildman–Crippen MR) is 116 cm³/mol. The van der Waals surface area contributed by atoms with E-state index in [1.807, 2.05) is 59.7 Å². The number of aryl methyl sites for hydroxylation is 1. The van der Waals surface area contributed by atoms with E-state index in [0.717, 1.165) is 28.4 Å². The van der Waals surface area contributed by atoms with E-state index < -0.39 is 0 Å². The van der Waals surface area contributed by atoms with Gasteiger partial charge in [0.1, 0.15) is 23.1 Å². The monoisotopic (exact) mass is 410 g/mol. The Bertz CT molecular complexity index is 955. The summed E-state index contributed by atoms with van der Waals surface area (Å²) < 4.78 is 11.1. The number of carbonyl (C=O) groups excluding carboxylic acids is 1. The van der Waals surface area contributed by atoms with Crippen molar-refractivity contribution in [2.45, 2.75) is 33.4 Å². The quantitative estimate of drug-likeness (QED) is 0.493. The van der Waals surface area contributed by atoms with Crippen molar-refractivity contribution in [2.24, 2.45) is 0 Å². The molecule has 3 rings (SSSR count). The van der Waals surface area contributed by atoms with Gasteiger partial charge in [-0.2, -0.15) is 0 Å². The third-order valence-electron chi connectivity index (χ3n) is 4.40. The number of benzene rings is 2. The van der Waals surface area contributed by atoms with Crippen LogP contribution in [0.3, 0.4) is 0 Å². The van der Waals surface area contributed by atoms with Crippen LogP contribution in [0, 0.1) is 6.92 Å². The lowest BCUT2D eigenvalue weighted by atomic mass is 10.1. The number of methoxy groups -OCH3 is 1. The van der Waals surface area contributed by atoms with Crippen LogP contribution in [0.4, 0.5) is 0 Å². The maximum absolute atomic E-state index is 13.0. The Hall–Kier alpha value is -2.86. The lowest BCUT2D eigenvalue weighted by molar-refractivity contribution is 0.0741. The first-order valence-corrected chi connectivity index (χ1v) is 10.5. The highest BCUT2D eigenvalue weighted by molar-refractivity contribution is 7.09. The summed E-state index contributed by atoms with van der Waals surface area (Å²) in [6.07, 6.45) is 0.878. The molecule has 0 unspecified atom stereocenters. The molecule has 6 heteroatoms. The Morgan fingerprint density at radius 3 is 2.69 bits per heavy atom. The Labute approximate surface area is 175 Å². The van der Waals surface area contributed by atoms with Gasteiger partial charge < -0.3 is 14.4 Å². The maximum atomic E-state index is 13.0. The van der Waals surface area contributed by atoms with Gasteiger partial charge in [0.15, 0.2) is 0 Å². The molecule has 0 aliphatic rings. The van der Waals surface area contributed by atoms with Gasteiger partial charge in [0.2, 0.25) is 0 Å². The number of thiazole rings is 1. The van der Waals surface area contributed by atoms with Gasteiger partial charge in [-0.3, -0.25) is 4.79 Å². The van der Waals surface area contributed by atoms with Crippen LogP contribution in [0.1, 0.15) is 40.0 Å². The van der Waals surface area contributed by atoms with Crippen LogP contribution in [0.15, 0.2) is 53.9 Å². The maximum Gasteiger partial charge on any atom is 0.254 e. The van der Waals surface area contributed by atoms with E-state index in [0.29, 0.717) is 31.0 Å². The first-order chi connectivity index (χ1) is 14.1. The Kier molecular flexibility index (Phi) is 7.25. The van der Waals surface area contributed by atoms with E-state index in [4.69, 9.17) is 9.47 Å². The lowest BCUT2D eigenvalue weighted by Crippen LogP contribution is -2.31. The van der Waals surface area contributed by atoms with Crippen LogP contribution < -0.4 is 9.47 Å². The SMILES string of the molecule is CCCN(Cc1csc(COc2cccc(C)c2)n1)C(=O)c1cccc(OC)c1. The van der Waals surface area contributed by atoms with Gasteiger partial charge in [-0.1, -0.05) is 25.1 Å². The summed E-state index contributed by atoms with van der Waals surface area (Å²) in [7, 11) is 1.60. The van der Waals surface area contributed by atoms with Crippen molar-refractivity contribution in [3.63, 3.8) is 0 Å². The molecule has 152 valence electrons. The standard InChI is InChI=1S/C23H26N2O3S/c1-4-11-25(23(26)18-8-6-9-20(13-18)27-3)14-19-16-29-22(24-19)15-28-21-10-5-7-17(2)12-21/h5-10,12-13,16H,4,11,14-15H2,1-3H3. The van der Waals surface area contributed by atoms with Gasteiger partial charge >= 0.3 is 0 Å². The van der Waals surface area contributed by atoms with Crippen LogP contribution in [0.25, 0.3) is 0 Å². The van der Waals surface area contributed by atoms with E-state index >= 15 is 0 Å². The zero-order chi connectivity index (χ0) is 20.6. The number of hydrogen-bond acceptors (Lipinski definition) is 5. The molecule has 0 radical (unpaired) electrons. The van der Waals surface area contributed by atoms with Crippen LogP contribution in [0.5, 0.6) is 11.5 Å². The molecule has 29 heavy (non-hydrogen) atoms. The van der Waals surface area contributed by atoms with Gasteiger partial charge in [0.25, 0.3) is 5.91 Å². The summed E-state index contributed by atoms with van der Waals surface area (Å²) >= 11 is 1.55. The molecule has 5 nitrogen and oxygen atoms in total. The fourth-order valence-corrected chi connectivity index (χ4v) is 3.69. The van der Waals surface area contributed by atoms with Gasteiger partial charge in [-0.25, -0.2) is 4.98 Å². The number of amides is 1. The van der Waals surface area contributed by atoms with Crippen molar-refractivity contribution in [1.29, 1.82) is 0 Å². The summed E-state index contributed by atoms with van der Waals surface area (Å²) in [5, 5.41) is 2.89. The van der Waals surface area contributed by atoms with Gasteiger partial charge in [-0.05, 0) is 49.2 Å². The second-order valence-electron chi connectivity index (χ2n) is 6.80. The largest absolute Gasteiger partial charge is 0.497 e. The average molecular weight is 411 g/mol. The second-order valence-corrected chi connectivity index (χ2v) is 7.74. The topological polar surface area (TPSA) is 51.7 Å². The fourth-order valence-electron chi connectivity index (χ4n) is 2.99. The predicted octanol–water partition coefficient (Wildman–Crippen LogP) is 5.09. The lowest BCUT2D eigenvalue weighted by Gasteiger charge is -2.21. The summed E-state index contributed by atoms with van der Waals surface area (Å²) in [5.41, 5.74) is 2.66. The van der Waals surface area contributed by atoms with Gasteiger partial charge in [0, 0.05) is 17.5 Å². The smallest absolute Gasteiger partial charge is 0.254 e. The average Bonchev–Trinajstić information content (AvgIpc) is 3.19. The molecule has 2 aromatic carbocycles. The van der Waals surface area contributed by atoms with E-state index in [1.165, 1.54) is 0 Å². The highest BCUT2D eigenvalue weighted by Crippen LogP contribution is 2.19. The molecule has 0 atom stereocenters. The highest BCUT2D eigenvalue weighted by Gasteiger charge is 2.17. The number of rotatable bonds is 9. The third kappa shape index (κ3) is 5.81. The first kappa shape index (κ1) is 20.9. The molecule has 1 aromatic heterocycles. The number of aromatic nitrogens is 1. The van der Waals surface area contributed by atoms with Crippen molar-refractivity contribution >= 4 is 17.2 Å². The Balaban J connectivity index is 1.65. The van der Waals surface area contributed by atoms with Gasteiger partial charge in [0.05, 0.1) is 19.3 Å². The normalized spacial score (nSPS) is 10.6. The number of ether oxygens (including phenoxy) is 2. The van der Waals surface area contributed by atoms with Gasteiger partial charge in [-0.15, -0.1) is 11.3 Å². The summed E-state index contributed by atoms with van der Waals surface area (Å²) in [6, 6.07) is 15.2. The molecule has 1 heterocycles. The summed E-state index contributed by atoms with van der Waals surface area (Å²) in [4.78, 5) is 19.5. The Morgan fingerprint density at radius 2 is 1.93 bits per heavy atom. The number of carbonyl (C=O) groups is 1. The van der Waals surface area contributed by atoms with E-state index in [9.17, 15) is 4.79 Å². The van der Waals surface area contributed by atoms with E-state index in [-0.39, 0.29) is 5.91 Å². The molecular formula is C23H26N2O3S. The van der Waals surface area contributed by atoms with Crippen LogP contribution >= 0.6 is 11.3 Å². The number of hydrogen-bond donors (Lipinski definition) is 0. The van der Waals surface area contributed by atoms with Crippen LogP contribution in [0.2, 0.25) is 0 Å². The molecule has 0 aliphatic heterocycles. The zero-order valence-corrected chi connectivity index (χ0v) is 17.9. The molecule has 0 spiro atoms. The van der Waals surface area contributed by atoms with E-state index in [2.05, 4.69) is 11.9 Å². The van der Waals surface area contributed by atoms with Crippen molar-refractivity contribution in [3.05, 3.63) is 75.7 Å². The molecule has 0 aliphatic carbocycles. The van der Waals surface area contributed by atoms with E-state index in [1.54, 1.807) is 24.5 Å². The highest BCUT2D eigenvalue weighted by atomic mass is 32.1. The minimum atomic E-state index is -0.0173. The molecular weight excluding hydrogens is 384 g/mol. The molecule has 0 bridgehead atoms. The minimum Gasteiger partial charge on any atom is -0.497 e. The Morgan fingerprint density at radius 1 is 1.14 bits per heavy atom. The molecule has 0 N–H and O–H groups in total. The second kappa shape index (κ2) is 10.1. The van der Waals surface area contributed by atoms with Crippen molar-refractivity contribution in [1.82, 2.24) is 9.88 Å². The van der Waals surface area contributed by atoms with Crippen LogP contribution in [-0.2, 0) is 13.2 Å². The zero-order valence-electron chi connectivity index (χ0n) is 17.1. The molecule has 1 amide bonds. The molecule has 0 saturated carbocycles. The number of nitrogens with zero attached hydrogens (tertiary/aromatic N) is 2. The minimum absolute atomic E-state index is 0.0173. The molecule has 0 fully saturated rings. The van der Waals surface area contributed by atoms with Crippen molar-refractivity contribution in [2.75, 3.05) is 13.7 Å². The summed E-state index contributed by atoms with van der Waals surface area (Å²) in [6.45, 7) is 5.67.